The number of carbonyl (C=O) groups is 2. The number of ether oxygens (including phenoxy) is 1. The van der Waals surface area contributed by atoms with Gasteiger partial charge >= 0.3 is 0 Å². The molecule has 2 heterocycles. The molecule has 2 aromatic carbocycles. The van der Waals surface area contributed by atoms with Crippen LogP contribution in [-0.4, -0.2) is 90.6 Å². The van der Waals surface area contributed by atoms with Gasteiger partial charge in [-0.25, -0.2) is 0 Å². The normalized spacial score (nSPS) is 19.1. The Morgan fingerprint density at radius 2 is 1.83 bits per heavy atom. The number of thiocarbonyl (C=S) groups is 1. The van der Waals surface area contributed by atoms with Gasteiger partial charge in [-0.1, -0.05) is 17.7 Å². The summed E-state index contributed by atoms with van der Waals surface area (Å²) >= 11 is 12.0. The van der Waals surface area contributed by atoms with Gasteiger partial charge < -0.3 is 19.9 Å². The maximum Gasteiger partial charge on any atom is 0.256 e. The second kappa shape index (κ2) is 12.0. The summed E-state index contributed by atoms with van der Waals surface area (Å²) in [5.41, 5.74) is 1.25. The summed E-state index contributed by atoms with van der Waals surface area (Å²) in [4.78, 5) is 34.6. The molecule has 0 aromatic heterocycles. The van der Waals surface area contributed by atoms with E-state index in [0.29, 0.717) is 34.7 Å². The smallest absolute Gasteiger partial charge is 0.256 e. The van der Waals surface area contributed by atoms with Crippen LogP contribution in [0, 0.1) is 0 Å². The van der Waals surface area contributed by atoms with E-state index in [1.54, 1.807) is 48.5 Å². The minimum Gasteiger partial charge on any atom is -0.494 e. The molecule has 1 N–H and O–H groups in total. The summed E-state index contributed by atoms with van der Waals surface area (Å²) in [7, 11) is 2.12. The molecule has 0 saturated carbocycles. The Bertz CT molecular complexity index is 1090. The molecular formula is C26H32ClN5O3S. The number of carbonyl (C=O) groups excluding carboxylic acids is 2. The summed E-state index contributed by atoms with van der Waals surface area (Å²) in [5, 5.41) is 3.81. The molecule has 8 nitrogen and oxygen atoms in total. The Labute approximate surface area is 222 Å². The molecule has 0 spiro atoms. The van der Waals surface area contributed by atoms with Gasteiger partial charge in [0, 0.05) is 50.0 Å². The summed E-state index contributed by atoms with van der Waals surface area (Å²) in [5.74, 6) is 0.263. The monoisotopic (exact) mass is 529 g/mol. The van der Waals surface area contributed by atoms with E-state index in [-0.39, 0.29) is 18.2 Å². The molecule has 1 atom stereocenters. The number of anilines is 2. The molecule has 2 aliphatic rings. The zero-order valence-corrected chi connectivity index (χ0v) is 22.2. The molecule has 192 valence electrons. The number of likely N-dealkylation sites (N-methyl/N-ethyl adjacent to an activating group) is 1. The maximum absolute atomic E-state index is 13.6. The fourth-order valence-corrected chi connectivity index (χ4v) is 5.05. The van der Waals surface area contributed by atoms with Crippen molar-refractivity contribution >= 4 is 52.1 Å². The topological polar surface area (TPSA) is 68.4 Å². The average Bonchev–Trinajstić information content (AvgIpc) is 3.08. The lowest BCUT2D eigenvalue weighted by Crippen LogP contribution is -2.48. The van der Waals surface area contributed by atoms with Gasteiger partial charge in [0.05, 0.1) is 18.7 Å². The number of hydrogen-bond donors (Lipinski definition) is 1. The maximum atomic E-state index is 13.6. The highest BCUT2D eigenvalue weighted by Crippen LogP contribution is 2.29. The first-order chi connectivity index (χ1) is 17.4. The second-order valence-corrected chi connectivity index (χ2v) is 9.80. The van der Waals surface area contributed by atoms with E-state index >= 15 is 0 Å². The summed E-state index contributed by atoms with van der Waals surface area (Å²) in [6.45, 7) is 7.76. The molecule has 10 heteroatoms. The molecule has 2 fully saturated rings. The van der Waals surface area contributed by atoms with Crippen LogP contribution in [0.4, 0.5) is 11.4 Å². The largest absolute Gasteiger partial charge is 0.494 e. The van der Waals surface area contributed by atoms with E-state index in [0.717, 1.165) is 38.5 Å². The van der Waals surface area contributed by atoms with Crippen molar-refractivity contribution in [3.05, 3.63) is 53.6 Å². The Hall–Kier alpha value is -2.72. The quantitative estimate of drug-likeness (QED) is 0.500. The number of hydrogen-bond acceptors (Lipinski definition) is 6. The average molecular weight is 530 g/mol. The molecule has 2 aliphatic heterocycles. The number of nitrogens with one attached hydrogen (secondary N) is 1. The number of nitrogens with zero attached hydrogens (tertiary/aromatic N) is 4. The van der Waals surface area contributed by atoms with Crippen molar-refractivity contribution in [1.29, 1.82) is 0 Å². The van der Waals surface area contributed by atoms with Gasteiger partial charge in [0.25, 0.3) is 5.91 Å². The van der Waals surface area contributed by atoms with E-state index in [2.05, 4.69) is 22.2 Å². The number of rotatable bonds is 9. The van der Waals surface area contributed by atoms with Crippen LogP contribution in [0.5, 0.6) is 5.75 Å². The van der Waals surface area contributed by atoms with Crippen molar-refractivity contribution in [1.82, 2.24) is 14.7 Å². The standard InChI is InChI=1S/C26H32ClN5O3S/c1-3-35-22-9-7-20(8-10-22)28-24(33)18-23-25(34)32(21-6-4-5-19(27)17-21)26(36)31(23)16-15-30-13-11-29(2)12-14-30/h4-10,17,23H,3,11-16,18H2,1-2H3,(H,28,33)/t23-/m1/s1. The van der Waals surface area contributed by atoms with Gasteiger partial charge in [-0.2, -0.15) is 0 Å². The minimum atomic E-state index is -0.688. The van der Waals surface area contributed by atoms with Crippen molar-refractivity contribution in [2.45, 2.75) is 19.4 Å². The predicted molar refractivity (Wildman–Crippen MR) is 147 cm³/mol. The van der Waals surface area contributed by atoms with Gasteiger partial charge in [-0.3, -0.25) is 19.4 Å². The third kappa shape index (κ3) is 6.34. The molecular weight excluding hydrogens is 498 g/mol. The second-order valence-electron chi connectivity index (χ2n) is 9.00. The van der Waals surface area contributed by atoms with Crippen molar-refractivity contribution in [2.24, 2.45) is 0 Å². The lowest BCUT2D eigenvalue weighted by molar-refractivity contribution is -0.124. The van der Waals surface area contributed by atoms with Crippen molar-refractivity contribution < 1.29 is 14.3 Å². The Kier molecular flexibility index (Phi) is 8.79. The van der Waals surface area contributed by atoms with E-state index in [9.17, 15) is 9.59 Å². The van der Waals surface area contributed by atoms with Crippen LogP contribution < -0.4 is 15.0 Å². The Morgan fingerprint density at radius 1 is 1.11 bits per heavy atom. The summed E-state index contributed by atoms with van der Waals surface area (Å²) < 4.78 is 5.46. The van der Waals surface area contributed by atoms with E-state index in [4.69, 9.17) is 28.6 Å². The van der Waals surface area contributed by atoms with E-state index in [1.807, 2.05) is 11.8 Å². The Morgan fingerprint density at radius 3 is 2.50 bits per heavy atom. The van der Waals surface area contributed by atoms with Crippen LogP contribution in [0.2, 0.25) is 5.02 Å². The van der Waals surface area contributed by atoms with Crippen LogP contribution >= 0.6 is 23.8 Å². The zero-order valence-electron chi connectivity index (χ0n) is 20.7. The van der Waals surface area contributed by atoms with Crippen molar-refractivity contribution in [3.63, 3.8) is 0 Å². The zero-order chi connectivity index (χ0) is 25.7. The molecule has 0 aliphatic carbocycles. The van der Waals surface area contributed by atoms with Crippen LogP contribution in [0.25, 0.3) is 0 Å². The molecule has 2 amide bonds. The molecule has 0 bridgehead atoms. The van der Waals surface area contributed by atoms with Crippen LogP contribution in [-0.2, 0) is 9.59 Å². The fraction of sp³-hybridized carbons (Fsp3) is 0.423. The number of piperazine rings is 1. The number of benzene rings is 2. The molecule has 0 unspecified atom stereocenters. The molecule has 36 heavy (non-hydrogen) atoms. The van der Waals surface area contributed by atoms with Crippen LogP contribution in [0.15, 0.2) is 48.5 Å². The highest BCUT2D eigenvalue weighted by atomic mass is 35.5. The highest BCUT2D eigenvalue weighted by Gasteiger charge is 2.44. The predicted octanol–water partition coefficient (Wildman–Crippen LogP) is 3.32. The SMILES string of the molecule is CCOc1ccc(NC(=O)C[C@@H]2C(=O)N(c3cccc(Cl)c3)C(=S)N2CCN2CCN(C)CC2)cc1. The molecule has 4 rings (SSSR count). The minimum absolute atomic E-state index is 0.00795. The molecule has 2 saturated heterocycles. The number of halogens is 1. The number of amides is 2. The van der Waals surface area contributed by atoms with Crippen molar-refractivity contribution in [2.75, 3.05) is 63.1 Å². The van der Waals surface area contributed by atoms with E-state index in [1.165, 1.54) is 4.90 Å². The summed E-state index contributed by atoms with van der Waals surface area (Å²) in [6, 6.07) is 13.5. The first-order valence-electron chi connectivity index (χ1n) is 12.2. The van der Waals surface area contributed by atoms with Gasteiger partial charge in [0.2, 0.25) is 5.91 Å². The Balaban J connectivity index is 1.48. The first-order valence-corrected chi connectivity index (χ1v) is 13.0. The van der Waals surface area contributed by atoms with Crippen molar-refractivity contribution in [3.8, 4) is 5.75 Å². The lowest BCUT2D eigenvalue weighted by Gasteiger charge is -2.34. The third-order valence-electron chi connectivity index (χ3n) is 6.47. The van der Waals surface area contributed by atoms with Gasteiger partial charge in [-0.15, -0.1) is 0 Å². The fourth-order valence-electron chi connectivity index (χ4n) is 4.45. The third-order valence-corrected chi connectivity index (χ3v) is 7.12. The van der Waals surface area contributed by atoms with Crippen LogP contribution in [0.1, 0.15) is 13.3 Å². The van der Waals surface area contributed by atoms with Gasteiger partial charge in [0.1, 0.15) is 11.8 Å². The highest BCUT2D eigenvalue weighted by molar-refractivity contribution is 7.80. The summed E-state index contributed by atoms with van der Waals surface area (Å²) in [6.07, 6.45) is -0.00795. The lowest BCUT2D eigenvalue weighted by atomic mass is 10.1. The molecule has 2 aromatic rings. The van der Waals surface area contributed by atoms with E-state index < -0.39 is 6.04 Å². The van der Waals surface area contributed by atoms with Gasteiger partial charge in [-0.05, 0) is 68.7 Å². The van der Waals surface area contributed by atoms with Gasteiger partial charge in [0.15, 0.2) is 5.11 Å². The van der Waals surface area contributed by atoms with Crippen LogP contribution in [0.3, 0.4) is 0 Å². The molecule has 0 radical (unpaired) electrons. The first kappa shape index (κ1) is 26.3.